The van der Waals surface area contributed by atoms with E-state index in [1.165, 1.54) is 12.5 Å². The highest BCUT2D eigenvalue weighted by atomic mass is 79.9. The Balaban J connectivity index is 2.21. The molecule has 1 heterocycles. The Kier molecular flexibility index (Phi) is 4.57. The molecule has 7 heteroatoms. The summed E-state index contributed by atoms with van der Waals surface area (Å²) in [6.45, 7) is 2.17. The Morgan fingerprint density at radius 3 is 2.95 bits per heavy atom. The Morgan fingerprint density at radius 1 is 1.50 bits per heavy atom. The smallest absolute Gasteiger partial charge is 0.339 e. The summed E-state index contributed by atoms with van der Waals surface area (Å²) in [6.07, 6.45) is 2.60. The van der Waals surface area contributed by atoms with E-state index in [4.69, 9.17) is 16.7 Å². The second-order valence-electron chi connectivity index (χ2n) is 4.12. The monoisotopic (exact) mass is 355 g/mol. The molecule has 2 rings (SSSR count). The molecule has 0 radical (unpaired) electrons. The third-order valence-electron chi connectivity index (χ3n) is 2.72. The van der Waals surface area contributed by atoms with Gasteiger partial charge in [0.15, 0.2) is 0 Å². The number of hydrogen-bond acceptors (Lipinski definition) is 4. The van der Waals surface area contributed by atoms with Crippen molar-refractivity contribution in [2.24, 2.45) is 0 Å². The van der Waals surface area contributed by atoms with Crippen molar-refractivity contribution in [1.82, 2.24) is 9.97 Å². The minimum atomic E-state index is -1.05. The third-order valence-corrected chi connectivity index (χ3v) is 3.78. The molecule has 0 aliphatic rings. The second-order valence-corrected chi connectivity index (χ2v) is 5.38. The predicted molar refractivity (Wildman–Crippen MR) is 80.2 cm³/mol. The van der Waals surface area contributed by atoms with E-state index in [0.717, 1.165) is 15.7 Å². The normalized spacial score (nSPS) is 10.3. The summed E-state index contributed by atoms with van der Waals surface area (Å²) in [6, 6.07) is 3.67. The molecular weight excluding hydrogens is 346 g/mol. The molecule has 0 saturated heterocycles. The van der Waals surface area contributed by atoms with Crippen LogP contribution in [0.3, 0.4) is 0 Å². The molecular formula is C13H11BrClN3O2. The molecule has 2 N–H and O–H groups in total. The van der Waals surface area contributed by atoms with Crippen molar-refractivity contribution in [3.63, 3.8) is 0 Å². The van der Waals surface area contributed by atoms with Crippen LogP contribution < -0.4 is 5.32 Å². The Labute approximate surface area is 129 Å². The predicted octanol–water partition coefficient (Wildman–Crippen LogP) is 3.51. The number of nitrogens with zero attached hydrogens (tertiary/aromatic N) is 2. The number of anilines is 1. The van der Waals surface area contributed by atoms with Crippen LogP contribution in [0.25, 0.3) is 0 Å². The highest BCUT2D eigenvalue weighted by Crippen LogP contribution is 2.29. The zero-order chi connectivity index (χ0) is 14.7. The Bertz CT molecular complexity index is 664. The maximum absolute atomic E-state index is 11.1. The van der Waals surface area contributed by atoms with Gasteiger partial charge in [-0.1, -0.05) is 11.6 Å². The lowest BCUT2D eigenvalue weighted by Gasteiger charge is -2.11. The van der Waals surface area contributed by atoms with Gasteiger partial charge in [0.25, 0.3) is 0 Å². The molecule has 0 amide bonds. The second kappa shape index (κ2) is 6.19. The fourth-order valence-corrected chi connectivity index (χ4v) is 2.40. The van der Waals surface area contributed by atoms with Gasteiger partial charge >= 0.3 is 5.97 Å². The lowest BCUT2D eigenvalue weighted by Crippen LogP contribution is -2.10. The van der Waals surface area contributed by atoms with E-state index in [-0.39, 0.29) is 12.1 Å². The summed E-state index contributed by atoms with van der Waals surface area (Å²) < 4.78 is 0.852. The highest BCUT2D eigenvalue weighted by molar-refractivity contribution is 9.10. The van der Waals surface area contributed by atoms with E-state index in [1.54, 1.807) is 6.07 Å². The summed E-state index contributed by atoms with van der Waals surface area (Å²) in [5.41, 5.74) is 2.22. The molecule has 0 aliphatic carbocycles. The summed E-state index contributed by atoms with van der Waals surface area (Å²) in [4.78, 5) is 18.8. The first-order valence-electron chi connectivity index (χ1n) is 5.70. The lowest BCUT2D eigenvalue weighted by molar-refractivity contribution is 0.0694. The molecule has 1 aromatic heterocycles. The number of carboxylic acids is 1. The fourth-order valence-electron chi connectivity index (χ4n) is 1.64. The van der Waals surface area contributed by atoms with Gasteiger partial charge in [0.05, 0.1) is 17.9 Å². The zero-order valence-corrected chi connectivity index (χ0v) is 12.9. The first-order chi connectivity index (χ1) is 9.49. The Morgan fingerprint density at radius 2 is 2.25 bits per heavy atom. The summed E-state index contributed by atoms with van der Waals surface area (Å²) >= 11 is 9.50. The minimum absolute atomic E-state index is 0.0781. The van der Waals surface area contributed by atoms with Crippen LogP contribution in [0.4, 0.5) is 5.69 Å². The van der Waals surface area contributed by atoms with E-state index >= 15 is 0 Å². The van der Waals surface area contributed by atoms with Crippen LogP contribution in [0.1, 0.15) is 21.6 Å². The van der Waals surface area contributed by atoms with E-state index < -0.39 is 5.97 Å². The van der Waals surface area contributed by atoms with E-state index in [9.17, 15) is 4.79 Å². The average molecular weight is 357 g/mol. The molecule has 20 heavy (non-hydrogen) atoms. The number of hydrogen-bond donors (Lipinski definition) is 2. The number of carbonyl (C=O) groups is 1. The van der Waals surface area contributed by atoms with Gasteiger partial charge in [-0.2, -0.15) is 0 Å². The first-order valence-corrected chi connectivity index (χ1v) is 6.88. The SMILES string of the molecule is Cc1cc(Br)c(NCc2ncncc2C(=O)O)cc1Cl. The minimum Gasteiger partial charge on any atom is -0.478 e. The molecule has 0 unspecified atom stereocenters. The van der Waals surface area contributed by atoms with Crippen molar-refractivity contribution < 1.29 is 9.90 Å². The molecule has 2 aromatic rings. The van der Waals surface area contributed by atoms with Gasteiger partial charge in [0, 0.05) is 15.7 Å². The maximum Gasteiger partial charge on any atom is 0.339 e. The van der Waals surface area contributed by atoms with Crippen LogP contribution in [-0.2, 0) is 6.54 Å². The van der Waals surface area contributed by atoms with Gasteiger partial charge in [0.1, 0.15) is 11.9 Å². The number of carboxylic acid groups (broad SMARTS) is 1. The quantitative estimate of drug-likeness (QED) is 0.877. The van der Waals surface area contributed by atoms with E-state index in [0.29, 0.717) is 10.7 Å². The van der Waals surface area contributed by atoms with Crippen molar-refractivity contribution in [2.45, 2.75) is 13.5 Å². The highest BCUT2D eigenvalue weighted by Gasteiger charge is 2.12. The van der Waals surface area contributed by atoms with E-state index in [2.05, 4.69) is 31.2 Å². The molecule has 5 nitrogen and oxygen atoms in total. The zero-order valence-electron chi connectivity index (χ0n) is 10.5. The summed E-state index contributed by atoms with van der Waals surface area (Å²) in [5, 5.41) is 12.8. The number of rotatable bonds is 4. The number of aryl methyl sites for hydroxylation is 1. The number of nitrogens with one attached hydrogen (secondary N) is 1. The van der Waals surface area contributed by atoms with Crippen LogP contribution in [0, 0.1) is 6.92 Å². The molecule has 0 saturated carbocycles. The van der Waals surface area contributed by atoms with Gasteiger partial charge in [-0.25, -0.2) is 14.8 Å². The van der Waals surface area contributed by atoms with Gasteiger partial charge in [-0.3, -0.25) is 0 Å². The van der Waals surface area contributed by atoms with Crippen molar-refractivity contribution in [1.29, 1.82) is 0 Å². The summed E-state index contributed by atoms with van der Waals surface area (Å²) in [7, 11) is 0. The van der Waals surface area contributed by atoms with Crippen LogP contribution in [0.2, 0.25) is 5.02 Å². The van der Waals surface area contributed by atoms with Crippen molar-refractivity contribution >= 4 is 39.2 Å². The molecule has 0 fully saturated rings. The molecule has 0 bridgehead atoms. The van der Waals surface area contributed by atoms with Crippen LogP contribution in [0.5, 0.6) is 0 Å². The molecule has 1 aromatic carbocycles. The van der Waals surface area contributed by atoms with Gasteiger partial charge < -0.3 is 10.4 Å². The van der Waals surface area contributed by atoms with Crippen LogP contribution in [0.15, 0.2) is 29.1 Å². The van der Waals surface area contributed by atoms with Crippen LogP contribution in [-0.4, -0.2) is 21.0 Å². The van der Waals surface area contributed by atoms with Crippen molar-refractivity contribution in [3.05, 3.63) is 51.0 Å². The van der Waals surface area contributed by atoms with E-state index in [1.807, 2.05) is 13.0 Å². The molecule has 0 aliphatic heterocycles. The lowest BCUT2D eigenvalue weighted by atomic mass is 10.2. The molecule has 0 atom stereocenters. The number of benzene rings is 1. The average Bonchev–Trinajstić information content (AvgIpc) is 2.41. The third kappa shape index (κ3) is 3.26. The first kappa shape index (κ1) is 14.7. The van der Waals surface area contributed by atoms with Crippen LogP contribution >= 0.6 is 27.5 Å². The van der Waals surface area contributed by atoms with Gasteiger partial charge in [-0.05, 0) is 40.5 Å². The van der Waals surface area contributed by atoms with Crippen molar-refractivity contribution in [3.8, 4) is 0 Å². The maximum atomic E-state index is 11.1. The summed E-state index contributed by atoms with van der Waals surface area (Å²) in [5.74, 6) is -1.05. The standard InChI is InChI=1S/C13H11BrClN3O2/c1-7-2-9(14)11(3-10(7)15)17-5-12-8(13(19)20)4-16-6-18-12/h2-4,6,17H,5H2,1H3,(H,19,20). The van der Waals surface area contributed by atoms with Gasteiger partial charge in [-0.15, -0.1) is 0 Å². The fraction of sp³-hybridized carbons (Fsp3) is 0.154. The van der Waals surface area contributed by atoms with Crippen molar-refractivity contribution in [2.75, 3.05) is 5.32 Å². The largest absolute Gasteiger partial charge is 0.478 e. The number of aromatic carboxylic acids is 1. The molecule has 104 valence electrons. The molecule has 0 spiro atoms. The van der Waals surface area contributed by atoms with Gasteiger partial charge in [0.2, 0.25) is 0 Å². The topological polar surface area (TPSA) is 75.1 Å². The Hall–Kier alpha value is -1.66. The number of halogens is 2. The number of aromatic nitrogens is 2.